The Bertz CT molecular complexity index is 7930. The van der Waals surface area contributed by atoms with E-state index in [1.54, 1.807) is 76.7 Å². The zero-order valence-corrected chi connectivity index (χ0v) is 82.6. The number of rotatable bonds is 29. The number of carbonyl (C=O) groups excluding carboxylic acids is 2. The number of morpholine rings is 1. The van der Waals surface area contributed by atoms with E-state index in [9.17, 15) is 14.0 Å². The lowest BCUT2D eigenvalue weighted by molar-refractivity contribution is -0.130. The van der Waals surface area contributed by atoms with Crippen LogP contribution in [0.25, 0.3) is 89.2 Å². The van der Waals surface area contributed by atoms with Crippen molar-refractivity contribution in [2.24, 2.45) is 0 Å². The van der Waals surface area contributed by atoms with E-state index < -0.39 is 5.82 Å². The summed E-state index contributed by atoms with van der Waals surface area (Å²) >= 11 is 4.60. The number of likely N-dealkylation sites (tertiary alicyclic amines) is 1. The minimum Gasteiger partial charge on any atom is -0.489 e. The zero-order valence-electron chi connectivity index (χ0n) is 80.1. The van der Waals surface area contributed by atoms with Gasteiger partial charge in [-0.15, -0.1) is 34.0 Å². The maximum absolute atomic E-state index is 14.2. The number of carbonyl (C=O) groups is 2. The van der Waals surface area contributed by atoms with Crippen LogP contribution in [0.2, 0.25) is 0 Å². The van der Waals surface area contributed by atoms with Gasteiger partial charge in [0.15, 0.2) is 22.6 Å². The molecule has 0 unspecified atom stereocenters. The van der Waals surface area contributed by atoms with Gasteiger partial charge in [0.05, 0.1) is 84.6 Å². The van der Waals surface area contributed by atoms with E-state index in [-0.39, 0.29) is 29.7 Å². The van der Waals surface area contributed by atoms with Gasteiger partial charge in [0.2, 0.25) is 11.8 Å². The SMILES string of the molecule is CC(=O)N1CCC(n2nc(-c3ccc(Oc4cccc(OCc5cncs5)c4)cc3)c3c(N)ncnc32)CC1.CC(=O)n1nc(-c2ccc(Oc3cccc(OCc4ccccc4)c3)cc2)c2c(N)ncnc21.Nc1ncnc2c1c(-c1ccc(Oc3cc(F)cc(OCc4cncs4)c3)cc1)nn2C1CCOCC1.Nc1ncnc2c1c(-c1ccc(Oc3cccc(OCc4cncs4)c3)cc1)nn2CCN1CCOCC1. The van der Waals surface area contributed by atoms with E-state index in [0.29, 0.717) is 162 Å². The monoisotopic (exact) mass is 2040 g/mol. The van der Waals surface area contributed by atoms with E-state index in [4.69, 9.17) is 85.6 Å². The summed E-state index contributed by atoms with van der Waals surface area (Å²) in [6.45, 7) is 12.5. The van der Waals surface area contributed by atoms with Gasteiger partial charge in [-0.2, -0.15) is 25.1 Å². The molecule has 0 saturated carbocycles. The predicted molar refractivity (Wildman–Crippen MR) is 560 cm³/mol. The highest BCUT2D eigenvalue weighted by atomic mass is 32.1. The molecule has 11 aromatic heterocycles. The van der Waals surface area contributed by atoms with E-state index in [2.05, 4.69) is 64.8 Å². The summed E-state index contributed by atoms with van der Waals surface area (Å²) in [6.07, 6.45) is 14.4. The maximum atomic E-state index is 14.2. The fraction of sp³-hybridized carbons (Fsp3) is 0.206. The molecule has 148 heavy (non-hydrogen) atoms. The summed E-state index contributed by atoms with van der Waals surface area (Å²) in [5, 5.41) is 21.9. The number of hydrogen-bond acceptors (Lipinski definition) is 35. The van der Waals surface area contributed by atoms with Crippen LogP contribution < -0.4 is 60.8 Å². The number of hydrogen-bond donors (Lipinski definition) is 4. The zero-order chi connectivity index (χ0) is 101. The van der Waals surface area contributed by atoms with Crippen molar-refractivity contribution in [2.45, 2.75) is 84.6 Å². The summed E-state index contributed by atoms with van der Waals surface area (Å²) in [4.78, 5) is 77.6. The summed E-state index contributed by atoms with van der Waals surface area (Å²) in [5.74, 6) is 8.30. The first kappa shape index (κ1) is 98.0. The van der Waals surface area contributed by atoms with Crippen molar-refractivity contribution in [2.75, 3.05) is 82.1 Å². The van der Waals surface area contributed by atoms with Crippen molar-refractivity contribution < 1.29 is 61.3 Å². The molecule has 748 valence electrons. The van der Waals surface area contributed by atoms with Gasteiger partial charge < -0.3 is 75.2 Å². The topological polar surface area (TPSA) is 450 Å². The third-order valence-corrected chi connectivity index (χ3v) is 26.7. The molecule has 37 nitrogen and oxygen atoms in total. The number of nitrogen functional groups attached to an aromatic ring is 4. The number of aromatic nitrogens is 19. The number of nitrogens with two attached hydrogens (primary N) is 4. The van der Waals surface area contributed by atoms with Crippen LogP contribution in [0.4, 0.5) is 27.7 Å². The average molecular weight is 2040 g/mol. The van der Waals surface area contributed by atoms with Gasteiger partial charge in [0, 0.05) is 137 Å². The Hall–Kier alpha value is -17.4. The number of piperidine rings is 1. The molecule has 8 N–H and O–H groups in total. The number of amides is 1. The highest BCUT2D eigenvalue weighted by molar-refractivity contribution is 7.10. The molecule has 3 fully saturated rings. The van der Waals surface area contributed by atoms with Gasteiger partial charge >= 0.3 is 0 Å². The molecule has 3 saturated heterocycles. The molecule has 9 aromatic carbocycles. The van der Waals surface area contributed by atoms with Crippen LogP contribution in [0.15, 0.2) is 279 Å². The minimum absolute atomic E-state index is 0.100. The van der Waals surface area contributed by atoms with Crippen LogP contribution >= 0.6 is 34.0 Å². The highest BCUT2D eigenvalue weighted by Gasteiger charge is 2.30. The molecule has 3 aliphatic heterocycles. The molecular weight excluding hydrogens is 1940 g/mol. The molecule has 20 aromatic rings. The molecule has 3 aliphatic rings. The van der Waals surface area contributed by atoms with E-state index in [1.807, 2.05) is 213 Å². The first-order chi connectivity index (χ1) is 72.5. The Morgan fingerprint density at radius 1 is 0.358 bits per heavy atom. The van der Waals surface area contributed by atoms with Crippen LogP contribution in [-0.2, 0) is 47.2 Å². The third-order valence-electron chi connectivity index (χ3n) is 24.5. The van der Waals surface area contributed by atoms with Crippen molar-refractivity contribution in [1.29, 1.82) is 0 Å². The number of ether oxygens (including phenoxy) is 10. The molecule has 0 aliphatic carbocycles. The predicted octanol–water partition coefficient (Wildman–Crippen LogP) is 19.8. The largest absolute Gasteiger partial charge is 0.489 e. The second kappa shape index (κ2) is 46.1. The second-order valence-electron chi connectivity index (χ2n) is 34.4. The molecule has 0 atom stereocenters. The molecule has 1 amide bonds. The third kappa shape index (κ3) is 23.8. The first-order valence-corrected chi connectivity index (χ1v) is 50.1. The fourth-order valence-corrected chi connectivity index (χ4v) is 18.6. The summed E-state index contributed by atoms with van der Waals surface area (Å²) < 4.78 is 79.6. The maximum Gasteiger partial charge on any atom is 0.245 e. The molecule has 14 heterocycles. The van der Waals surface area contributed by atoms with Crippen LogP contribution in [0.3, 0.4) is 0 Å². The van der Waals surface area contributed by atoms with Crippen molar-refractivity contribution in [3.05, 3.63) is 305 Å². The molecular formula is C107H98FN25O12S3. The molecule has 0 spiro atoms. The standard InChI is InChI=1S/C28H27N7O3S.C27H27N7O3S.C26H23FN6O3S.C26H21N5O3/c1-18(36)34-11-9-20(10-12-34)35-28-25(27(29)31-16-32-28)26(33-35)19-5-7-21(8-6-19)38-23-4-2-3-22(13-23)37-15-24-14-30-17-39-24;28-26-24-25(32-34(27(24)31-17-30-26)9-8-33-10-12-35-13-11-33)19-4-6-20(7-5-19)37-22-3-1-2-21(14-22)36-16-23-15-29-18-38-23;27-17-9-20(35-13-22-12-29-15-37-22)11-21(10-17)36-19-3-1-16(2-4-19)24-23-25(28)30-14-31-26(23)33(32-24)18-5-7-34-8-6-18;1-17(32)31-26-23(25(27)28-16-29-26)24(30-31)19-10-12-20(13-11-19)34-22-9-5-8-21(14-22)33-15-18-6-3-2-4-7-18/h2-8,13-14,16-17,20H,9-12,15H2,1H3,(H2,29,31,32);1-7,14-15,17-18H,8-13,16H2,(H2,28,30,31);1-4,9-12,14-15,18H,5-8,13H2,(H2,28,30,31);2-14,16H,15H2,1H3,(H2,27,28,29). The molecule has 0 bridgehead atoms. The number of halogens is 1. The fourth-order valence-electron chi connectivity index (χ4n) is 17.1. The minimum atomic E-state index is -0.450. The Labute approximate surface area is 858 Å². The van der Waals surface area contributed by atoms with E-state index in [0.717, 1.165) is 151 Å². The Balaban J connectivity index is 0.000000120. The highest BCUT2D eigenvalue weighted by Crippen LogP contribution is 2.42. The Kier molecular flexibility index (Phi) is 30.6. The van der Waals surface area contributed by atoms with Crippen LogP contribution in [-0.4, -0.2) is 175 Å². The van der Waals surface area contributed by atoms with Crippen molar-refractivity contribution in [1.82, 2.24) is 104 Å². The molecule has 0 radical (unpaired) electrons. The summed E-state index contributed by atoms with van der Waals surface area (Å²) in [7, 11) is 0. The van der Waals surface area contributed by atoms with Gasteiger partial charge in [0.1, 0.15) is 173 Å². The normalized spacial score (nSPS) is 13.4. The Morgan fingerprint density at radius 2 is 0.730 bits per heavy atom. The quantitative estimate of drug-likeness (QED) is 0.0338. The number of anilines is 4. The van der Waals surface area contributed by atoms with Crippen LogP contribution in [0, 0.1) is 5.82 Å². The lowest BCUT2D eigenvalue weighted by Gasteiger charge is -2.31. The van der Waals surface area contributed by atoms with Crippen molar-refractivity contribution in [3.8, 4) is 114 Å². The smallest absolute Gasteiger partial charge is 0.245 e. The molecule has 23 rings (SSSR count). The van der Waals surface area contributed by atoms with E-state index in [1.165, 1.54) is 60.4 Å². The first-order valence-electron chi connectivity index (χ1n) is 47.5. The van der Waals surface area contributed by atoms with Crippen LogP contribution in [0.1, 0.15) is 76.6 Å². The number of fused-ring (bicyclic) bond motifs is 4. The number of benzene rings is 9. The average Bonchev–Trinajstić information content (AvgIpc) is 1.63. The van der Waals surface area contributed by atoms with E-state index >= 15 is 0 Å². The lowest BCUT2D eigenvalue weighted by atomic mass is 10.1. The van der Waals surface area contributed by atoms with Gasteiger partial charge in [0.25, 0.3) is 0 Å². The van der Waals surface area contributed by atoms with Crippen molar-refractivity contribution in [3.63, 3.8) is 0 Å². The number of nitrogens with zero attached hydrogens (tertiary/aromatic N) is 21. The van der Waals surface area contributed by atoms with Gasteiger partial charge in [-0.1, -0.05) is 48.5 Å². The van der Waals surface area contributed by atoms with Gasteiger partial charge in [-0.3, -0.25) is 29.4 Å². The summed E-state index contributed by atoms with van der Waals surface area (Å²) in [6, 6.07) is 67.4. The molecule has 41 heteroatoms. The van der Waals surface area contributed by atoms with Crippen molar-refractivity contribution >= 4 is 113 Å². The Morgan fingerprint density at radius 3 is 1.17 bits per heavy atom. The number of thiazole rings is 3. The lowest BCUT2D eigenvalue weighted by Crippen LogP contribution is -2.38. The van der Waals surface area contributed by atoms with Gasteiger partial charge in [-0.25, -0.2) is 58.3 Å². The van der Waals surface area contributed by atoms with Crippen LogP contribution in [0.5, 0.6) is 69.0 Å². The second-order valence-corrected chi connectivity index (χ2v) is 37.3. The van der Waals surface area contributed by atoms with Gasteiger partial charge in [-0.05, 0) is 165 Å². The summed E-state index contributed by atoms with van der Waals surface area (Å²) in [5.41, 5.74) is 39.9.